The molecule has 2 aromatic carbocycles. The van der Waals surface area contributed by atoms with Crippen molar-refractivity contribution in [2.24, 2.45) is 0 Å². The van der Waals surface area contributed by atoms with Crippen molar-refractivity contribution in [1.29, 1.82) is 0 Å². The molecule has 1 fully saturated rings. The van der Waals surface area contributed by atoms with Gasteiger partial charge in [0, 0.05) is 29.2 Å². The maximum Gasteiger partial charge on any atom is 0.573 e. The number of pyridine rings is 1. The van der Waals surface area contributed by atoms with Crippen LogP contribution in [0, 0.1) is 0 Å². The molecular weight excluding hydrogens is 537 g/mol. The van der Waals surface area contributed by atoms with Crippen molar-refractivity contribution in [3.63, 3.8) is 0 Å². The van der Waals surface area contributed by atoms with E-state index in [-0.39, 0.29) is 17.8 Å². The standard InChI is InChI=1S/C25H19ClF5N3O4/c26-16-7-3-14(4-8-16)18-12-34(19-2-1-11-33(23(19)36)13-20(27)28)24(37)21(18)32-22(35)15-5-9-17(10-6-15)38-25(29,30)31/h1-11,18,20-21H,12-13H2,(H,32,35)/t18-,21?/m0/s1. The highest BCUT2D eigenvalue weighted by atomic mass is 35.5. The molecule has 2 atom stereocenters. The van der Waals surface area contributed by atoms with Crippen molar-refractivity contribution in [3.8, 4) is 5.75 Å². The minimum absolute atomic E-state index is 0.0420. The molecule has 13 heteroatoms. The third-order valence-corrected chi connectivity index (χ3v) is 6.13. The van der Waals surface area contributed by atoms with Crippen LogP contribution in [0.3, 0.4) is 0 Å². The second-order valence-corrected chi connectivity index (χ2v) is 8.81. The van der Waals surface area contributed by atoms with Crippen LogP contribution in [0.25, 0.3) is 0 Å². The van der Waals surface area contributed by atoms with Crippen molar-refractivity contribution in [2.75, 3.05) is 11.4 Å². The highest BCUT2D eigenvalue weighted by Crippen LogP contribution is 2.32. The lowest BCUT2D eigenvalue weighted by atomic mass is 9.94. The molecule has 38 heavy (non-hydrogen) atoms. The number of amides is 2. The van der Waals surface area contributed by atoms with E-state index in [1.165, 1.54) is 18.3 Å². The van der Waals surface area contributed by atoms with Crippen LogP contribution >= 0.6 is 11.6 Å². The summed E-state index contributed by atoms with van der Waals surface area (Å²) in [7, 11) is 0. The molecule has 0 aliphatic carbocycles. The molecule has 1 unspecified atom stereocenters. The number of aromatic nitrogens is 1. The van der Waals surface area contributed by atoms with Crippen molar-refractivity contribution in [2.45, 2.75) is 31.3 Å². The lowest BCUT2D eigenvalue weighted by molar-refractivity contribution is -0.274. The predicted octanol–water partition coefficient (Wildman–Crippen LogP) is 4.59. The Kier molecular flexibility index (Phi) is 7.72. The smallest absolute Gasteiger partial charge is 0.406 e. The van der Waals surface area contributed by atoms with Crippen LogP contribution < -0.4 is 20.5 Å². The number of hydrogen-bond acceptors (Lipinski definition) is 4. The Bertz CT molecular complexity index is 1380. The summed E-state index contributed by atoms with van der Waals surface area (Å²) in [6, 6.07) is 12.1. The summed E-state index contributed by atoms with van der Waals surface area (Å²) in [6.07, 6.45) is -6.51. The number of anilines is 1. The van der Waals surface area contributed by atoms with Crippen molar-refractivity contribution in [1.82, 2.24) is 9.88 Å². The number of rotatable bonds is 7. The minimum atomic E-state index is -4.90. The van der Waals surface area contributed by atoms with Gasteiger partial charge in [0.25, 0.3) is 17.9 Å². The van der Waals surface area contributed by atoms with Gasteiger partial charge in [-0.3, -0.25) is 14.4 Å². The summed E-state index contributed by atoms with van der Waals surface area (Å²) in [6.45, 7) is -0.915. The molecule has 1 saturated heterocycles. The molecule has 1 aliphatic rings. The first-order valence-electron chi connectivity index (χ1n) is 11.1. The van der Waals surface area contributed by atoms with Crippen LogP contribution in [0.2, 0.25) is 5.02 Å². The summed E-state index contributed by atoms with van der Waals surface area (Å²) < 4.78 is 67.7. The Morgan fingerprint density at radius 1 is 1.05 bits per heavy atom. The molecule has 0 bridgehead atoms. The summed E-state index contributed by atoms with van der Waals surface area (Å²) in [5, 5.41) is 3.01. The number of halogens is 6. The van der Waals surface area contributed by atoms with E-state index in [2.05, 4.69) is 10.1 Å². The van der Waals surface area contributed by atoms with E-state index in [0.29, 0.717) is 10.6 Å². The molecule has 0 spiro atoms. The number of alkyl halides is 5. The Balaban J connectivity index is 1.63. The zero-order chi connectivity index (χ0) is 27.6. The Hall–Kier alpha value is -3.93. The molecule has 4 rings (SSSR count). The lowest BCUT2D eigenvalue weighted by Gasteiger charge is -2.19. The second-order valence-electron chi connectivity index (χ2n) is 8.37. The van der Waals surface area contributed by atoms with E-state index in [0.717, 1.165) is 33.7 Å². The number of carbonyl (C=O) groups excluding carboxylic acids is 2. The fourth-order valence-electron chi connectivity index (χ4n) is 4.17. The van der Waals surface area contributed by atoms with E-state index in [1.54, 1.807) is 24.3 Å². The van der Waals surface area contributed by atoms with Gasteiger partial charge < -0.3 is 19.5 Å². The Morgan fingerprint density at radius 3 is 2.32 bits per heavy atom. The van der Waals surface area contributed by atoms with Gasteiger partial charge in [0.1, 0.15) is 17.5 Å². The Labute approximate surface area is 217 Å². The van der Waals surface area contributed by atoms with Gasteiger partial charge in [-0.05, 0) is 54.1 Å². The number of hydrogen-bond donors (Lipinski definition) is 1. The molecule has 1 N–H and O–H groups in total. The molecule has 7 nitrogen and oxygen atoms in total. The van der Waals surface area contributed by atoms with Gasteiger partial charge in [-0.15, -0.1) is 13.2 Å². The zero-order valence-electron chi connectivity index (χ0n) is 19.3. The molecule has 1 aromatic heterocycles. The molecule has 2 heterocycles. The minimum Gasteiger partial charge on any atom is -0.406 e. The van der Waals surface area contributed by atoms with Gasteiger partial charge in [-0.1, -0.05) is 23.7 Å². The van der Waals surface area contributed by atoms with Crippen LogP contribution in [0.5, 0.6) is 5.75 Å². The van der Waals surface area contributed by atoms with E-state index in [1.807, 2.05) is 0 Å². The number of nitrogens with zero attached hydrogens (tertiary/aromatic N) is 2. The van der Waals surface area contributed by atoms with Crippen molar-refractivity contribution < 1.29 is 36.3 Å². The number of benzene rings is 2. The predicted molar refractivity (Wildman–Crippen MR) is 128 cm³/mol. The largest absolute Gasteiger partial charge is 0.573 e. The third kappa shape index (κ3) is 6.13. The molecule has 0 radical (unpaired) electrons. The summed E-state index contributed by atoms with van der Waals surface area (Å²) in [5.74, 6) is -2.62. The topological polar surface area (TPSA) is 80.6 Å². The first-order valence-corrected chi connectivity index (χ1v) is 11.5. The lowest BCUT2D eigenvalue weighted by Crippen LogP contribution is -2.44. The summed E-state index contributed by atoms with van der Waals surface area (Å²) >= 11 is 5.97. The van der Waals surface area contributed by atoms with E-state index >= 15 is 0 Å². The fourth-order valence-corrected chi connectivity index (χ4v) is 4.30. The molecule has 0 saturated carbocycles. The van der Waals surface area contributed by atoms with Gasteiger partial charge in [0.2, 0.25) is 5.91 Å². The van der Waals surface area contributed by atoms with Gasteiger partial charge >= 0.3 is 6.36 Å². The maximum atomic E-state index is 13.5. The monoisotopic (exact) mass is 555 g/mol. The van der Waals surface area contributed by atoms with Crippen molar-refractivity contribution >= 4 is 29.1 Å². The zero-order valence-corrected chi connectivity index (χ0v) is 20.0. The van der Waals surface area contributed by atoms with Crippen LogP contribution in [-0.2, 0) is 11.3 Å². The first-order chi connectivity index (χ1) is 17.9. The SMILES string of the molecule is O=C(NC1C(=O)N(c2cccn(CC(F)F)c2=O)C[C@H]1c1ccc(Cl)cc1)c1ccc(OC(F)(F)F)cc1. The van der Waals surface area contributed by atoms with E-state index < -0.39 is 54.4 Å². The number of carbonyl (C=O) groups is 2. The van der Waals surface area contributed by atoms with Gasteiger partial charge in [0.15, 0.2) is 0 Å². The van der Waals surface area contributed by atoms with E-state index in [4.69, 9.17) is 11.6 Å². The molecule has 1 aliphatic heterocycles. The highest BCUT2D eigenvalue weighted by molar-refractivity contribution is 6.30. The average Bonchev–Trinajstić information content (AvgIpc) is 3.16. The molecule has 3 aromatic rings. The summed E-state index contributed by atoms with van der Waals surface area (Å²) in [5.41, 5.74) is -0.376. The highest BCUT2D eigenvalue weighted by Gasteiger charge is 2.43. The first kappa shape index (κ1) is 27.1. The summed E-state index contributed by atoms with van der Waals surface area (Å²) in [4.78, 5) is 40.4. The van der Waals surface area contributed by atoms with Crippen LogP contribution in [0.1, 0.15) is 21.8 Å². The van der Waals surface area contributed by atoms with Crippen LogP contribution in [0.4, 0.5) is 27.6 Å². The average molecular weight is 556 g/mol. The second kappa shape index (κ2) is 10.8. The van der Waals surface area contributed by atoms with Gasteiger partial charge in [0.05, 0.1) is 6.54 Å². The third-order valence-electron chi connectivity index (χ3n) is 5.87. The maximum absolute atomic E-state index is 13.5. The van der Waals surface area contributed by atoms with Crippen LogP contribution in [0.15, 0.2) is 71.7 Å². The van der Waals surface area contributed by atoms with Crippen LogP contribution in [-0.4, -0.2) is 41.8 Å². The van der Waals surface area contributed by atoms with Gasteiger partial charge in [-0.25, -0.2) is 8.78 Å². The molecular formula is C25H19ClF5N3O4. The van der Waals surface area contributed by atoms with Gasteiger partial charge in [-0.2, -0.15) is 0 Å². The normalized spacial score (nSPS) is 17.7. The number of nitrogens with one attached hydrogen (secondary N) is 1. The Morgan fingerprint density at radius 2 is 1.71 bits per heavy atom. The molecule has 200 valence electrons. The number of ether oxygens (including phenoxy) is 1. The fraction of sp³-hybridized carbons (Fsp3) is 0.240. The quantitative estimate of drug-likeness (QED) is 0.432. The van der Waals surface area contributed by atoms with E-state index in [9.17, 15) is 36.3 Å². The molecule has 2 amide bonds. The van der Waals surface area contributed by atoms with Crippen molar-refractivity contribution in [3.05, 3.63) is 93.4 Å².